The Morgan fingerprint density at radius 3 is 2.56 bits per heavy atom. The Hall–Kier alpha value is -2.44. The van der Waals surface area contributed by atoms with Gasteiger partial charge in [0.25, 0.3) is 0 Å². The fourth-order valence-corrected chi connectivity index (χ4v) is 5.53. The van der Waals surface area contributed by atoms with Crippen LogP contribution in [0.5, 0.6) is 0 Å². The lowest BCUT2D eigenvalue weighted by molar-refractivity contribution is -0.0601. The van der Waals surface area contributed by atoms with Gasteiger partial charge in [-0.05, 0) is 40.2 Å². The smallest absolute Gasteiger partial charge is 0.224 e. The monoisotopic (exact) mass is 488 g/mol. The zero-order valence-corrected chi connectivity index (χ0v) is 20.8. The summed E-state index contributed by atoms with van der Waals surface area (Å²) >= 11 is 1.52. The number of hydrogen-bond donors (Lipinski definition) is 5. The van der Waals surface area contributed by atoms with Crippen molar-refractivity contribution in [2.75, 3.05) is 30.9 Å². The number of hydrogen-bond acceptors (Lipinski definition) is 11. The number of aliphatic hydroxyl groups excluding tert-OH is 2. The van der Waals surface area contributed by atoms with Gasteiger partial charge in [0.2, 0.25) is 5.95 Å². The molecule has 1 aliphatic rings. The first-order valence-electron chi connectivity index (χ1n) is 11.3. The molecule has 5 N–H and O–H groups in total. The number of fused-ring (bicyclic) bond motifs is 1. The molecule has 4 rings (SSSR count). The number of thiazole rings is 1. The zero-order chi connectivity index (χ0) is 24.6. The van der Waals surface area contributed by atoms with Gasteiger partial charge in [-0.25, -0.2) is 9.97 Å². The summed E-state index contributed by atoms with van der Waals surface area (Å²) in [5.41, 5.74) is 1.98. The quantitative estimate of drug-likeness (QED) is 0.299. The third kappa shape index (κ3) is 4.84. The van der Waals surface area contributed by atoms with Crippen LogP contribution >= 0.6 is 11.3 Å². The van der Waals surface area contributed by atoms with E-state index in [0.29, 0.717) is 37.0 Å². The van der Waals surface area contributed by atoms with E-state index in [1.54, 1.807) is 27.2 Å². The van der Waals surface area contributed by atoms with E-state index in [4.69, 9.17) is 14.7 Å². The molecule has 1 fully saturated rings. The first-order chi connectivity index (χ1) is 16.1. The fraction of sp³-hybridized carbons (Fsp3) is 0.565. The highest BCUT2D eigenvalue weighted by Crippen LogP contribution is 2.40. The van der Waals surface area contributed by atoms with Crippen LogP contribution in [0.4, 0.5) is 11.8 Å². The van der Waals surface area contributed by atoms with E-state index >= 15 is 0 Å². The number of nitrogens with zero attached hydrogens (tertiary/aromatic N) is 4. The predicted molar refractivity (Wildman–Crippen MR) is 132 cm³/mol. The molecule has 11 heteroatoms. The Morgan fingerprint density at radius 1 is 1.15 bits per heavy atom. The van der Waals surface area contributed by atoms with Crippen molar-refractivity contribution in [1.29, 1.82) is 0 Å². The lowest BCUT2D eigenvalue weighted by atomic mass is 9.88. The maximum atomic E-state index is 10.8. The van der Waals surface area contributed by atoms with Crippen LogP contribution in [-0.2, 0) is 4.74 Å². The molecule has 0 radical (unpaired) electrons. The van der Waals surface area contributed by atoms with Gasteiger partial charge in [0, 0.05) is 25.8 Å². The maximum absolute atomic E-state index is 10.8. The van der Waals surface area contributed by atoms with E-state index in [2.05, 4.69) is 20.6 Å². The molecule has 4 atom stereocenters. The second-order valence-electron chi connectivity index (χ2n) is 9.27. The molecule has 1 unspecified atom stereocenters. The van der Waals surface area contributed by atoms with Crippen LogP contribution in [0.15, 0.2) is 12.3 Å². The molecule has 0 spiro atoms. The Morgan fingerprint density at radius 2 is 1.91 bits per heavy atom. The van der Waals surface area contributed by atoms with Crippen molar-refractivity contribution in [2.45, 2.75) is 58.0 Å². The first kappa shape index (κ1) is 24.7. The van der Waals surface area contributed by atoms with Crippen LogP contribution in [0.2, 0.25) is 0 Å². The summed E-state index contributed by atoms with van der Waals surface area (Å²) < 4.78 is 6.11. The standard InChI is InChI=1S/C23H32N6O4S/c1-11-16(21-28-17-12(2)24-7-6-15(17)34-21)20(29-22(26-11)25-8-9-33-5)27-14-10-13(23(3,4)32)18(30)19(14)31/h6-7,13-14,18-19,30-32H,8-10H2,1-5H3,(H2,25,26,27,29)/t13-,14?,18+,19-/m0/s1. The molecule has 3 aromatic heterocycles. The molecule has 34 heavy (non-hydrogen) atoms. The molecule has 0 aromatic carbocycles. The van der Waals surface area contributed by atoms with Gasteiger partial charge in [-0.3, -0.25) is 4.98 Å². The molecule has 0 amide bonds. The molecule has 10 nitrogen and oxygen atoms in total. The summed E-state index contributed by atoms with van der Waals surface area (Å²) in [7, 11) is 1.62. The number of ether oxygens (including phenoxy) is 1. The van der Waals surface area contributed by atoms with E-state index in [1.807, 2.05) is 19.9 Å². The predicted octanol–water partition coefficient (Wildman–Crippen LogP) is 2.12. The Kier molecular flexibility index (Phi) is 7.02. The fourth-order valence-electron chi connectivity index (χ4n) is 4.42. The molecule has 3 aromatic rings. The van der Waals surface area contributed by atoms with Crippen molar-refractivity contribution in [3.05, 3.63) is 23.7 Å². The Balaban J connectivity index is 1.75. The van der Waals surface area contributed by atoms with Crippen LogP contribution in [0.3, 0.4) is 0 Å². The van der Waals surface area contributed by atoms with Gasteiger partial charge < -0.3 is 30.7 Å². The number of rotatable bonds is 8. The third-order valence-corrected chi connectivity index (χ3v) is 7.33. The number of nitrogens with one attached hydrogen (secondary N) is 2. The average molecular weight is 489 g/mol. The molecular formula is C23H32N6O4S. The second kappa shape index (κ2) is 9.67. The van der Waals surface area contributed by atoms with E-state index in [0.717, 1.165) is 26.5 Å². The number of aryl methyl sites for hydroxylation is 2. The summed E-state index contributed by atoms with van der Waals surface area (Å²) in [6.07, 6.45) is 0.0207. The molecule has 0 aliphatic heterocycles. The molecule has 184 valence electrons. The molecule has 3 heterocycles. The van der Waals surface area contributed by atoms with E-state index in [-0.39, 0.29) is 0 Å². The molecule has 1 saturated carbocycles. The Bertz CT molecular complexity index is 1160. The van der Waals surface area contributed by atoms with Crippen molar-refractivity contribution in [2.24, 2.45) is 5.92 Å². The van der Waals surface area contributed by atoms with Gasteiger partial charge in [0.1, 0.15) is 22.4 Å². The number of aliphatic hydroxyl groups is 3. The van der Waals surface area contributed by atoms with E-state index in [1.165, 1.54) is 11.3 Å². The largest absolute Gasteiger partial charge is 0.390 e. The highest BCUT2D eigenvalue weighted by molar-refractivity contribution is 7.21. The molecule has 0 bridgehead atoms. The van der Waals surface area contributed by atoms with Gasteiger partial charge >= 0.3 is 0 Å². The topological polar surface area (TPSA) is 146 Å². The van der Waals surface area contributed by atoms with Crippen LogP contribution in [0, 0.1) is 19.8 Å². The minimum Gasteiger partial charge on any atom is -0.390 e. The highest BCUT2D eigenvalue weighted by Gasteiger charge is 2.47. The van der Waals surface area contributed by atoms with Crippen molar-refractivity contribution < 1.29 is 20.1 Å². The van der Waals surface area contributed by atoms with Crippen molar-refractivity contribution in [3.8, 4) is 10.6 Å². The van der Waals surface area contributed by atoms with Crippen LogP contribution in [0.25, 0.3) is 20.8 Å². The van der Waals surface area contributed by atoms with E-state index in [9.17, 15) is 15.3 Å². The third-order valence-electron chi connectivity index (χ3n) is 6.30. The Labute approximate surface area is 202 Å². The second-order valence-corrected chi connectivity index (χ2v) is 10.3. The molecule has 1 aliphatic carbocycles. The summed E-state index contributed by atoms with van der Waals surface area (Å²) in [4.78, 5) is 18.5. The normalized spacial score (nSPS) is 22.9. The highest BCUT2D eigenvalue weighted by atomic mass is 32.1. The summed E-state index contributed by atoms with van der Waals surface area (Å²) in [6, 6.07) is 1.42. The average Bonchev–Trinajstić information content (AvgIpc) is 3.31. The van der Waals surface area contributed by atoms with Gasteiger partial charge in [-0.2, -0.15) is 4.98 Å². The van der Waals surface area contributed by atoms with Gasteiger partial charge in [0.05, 0.1) is 46.0 Å². The minimum absolute atomic E-state index is 0.379. The number of methoxy groups -OCH3 is 1. The van der Waals surface area contributed by atoms with Crippen LogP contribution in [-0.4, -0.2) is 79.4 Å². The van der Waals surface area contributed by atoms with Crippen molar-refractivity contribution in [1.82, 2.24) is 19.9 Å². The zero-order valence-electron chi connectivity index (χ0n) is 20.0. The number of aromatic nitrogens is 4. The lowest BCUT2D eigenvalue weighted by Crippen LogP contribution is -2.40. The molecular weight excluding hydrogens is 456 g/mol. The SMILES string of the molecule is COCCNc1nc(C)c(-c2nc3c(C)nccc3s2)c(NC2C[C@H](C(C)(C)O)[C@@H](O)[C@H]2O)n1. The van der Waals surface area contributed by atoms with Crippen molar-refractivity contribution in [3.63, 3.8) is 0 Å². The number of anilines is 2. The maximum Gasteiger partial charge on any atom is 0.224 e. The summed E-state index contributed by atoms with van der Waals surface area (Å²) in [5.74, 6) is 0.443. The first-order valence-corrected chi connectivity index (χ1v) is 12.1. The minimum atomic E-state index is -1.13. The summed E-state index contributed by atoms with van der Waals surface area (Å²) in [6.45, 7) is 8.13. The lowest BCUT2D eigenvalue weighted by Gasteiger charge is -2.28. The van der Waals surface area contributed by atoms with E-state index < -0.39 is 29.8 Å². The van der Waals surface area contributed by atoms with Gasteiger partial charge in [0.15, 0.2) is 0 Å². The summed E-state index contributed by atoms with van der Waals surface area (Å²) in [5, 5.41) is 39.0. The molecule has 0 saturated heterocycles. The van der Waals surface area contributed by atoms with Crippen LogP contribution < -0.4 is 10.6 Å². The van der Waals surface area contributed by atoms with Gasteiger partial charge in [-0.15, -0.1) is 11.3 Å². The van der Waals surface area contributed by atoms with Crippen LogP contribution in [0.1, 0.15) is 31.7 Å². The van der Waals surface area contributed by atoms with Gasteiger partial charge in [-0.1, -0.05) is 0 Å². The number of pyridine rings is 1. The van der Waals surface area contributed by atoms with Crippen molar-refractivity contribution >= 4 is 33.3 Å².